The van der Waals surface area contributed by atoms with Crippen LogP contribution in [-0.2, 0) is 20.7 Å². The Balaban J connectivity index is 1.92. The number of rotatable bonds is 6. The third kappa shape index (κ3) is 4.78. The molecule has 1 aliphatic heterocycles. The van der Waals surface area contributed by atoms with Crippen molar-refractivity contribution in [2.75, 3.05) is 18.6 Å². The Morgan fingerprint density at radius 2 is 1.84 bits per heavy atom. The van der Waals surface area contributed by atoms with Gasteiger partial charge in [-0.3, -0.25) is 14.5 Å². The smallest absolute Gasteiger partial charge is 0.338 e. The lowest BCUT2D eigenvalue weighted by molar-refractivity contribution is -0.117. The van der Waals surface area contributed by atoms with E-state index in [-0.39, 0.29) is 11.5 Å². The predicted molar refractivity (Wildman–Crippen MR) is 118 cm³/mol. The Hall–Kier alpha value is -3.57. The number of hydrogen-bond donors (Lipinski definition) is 1. The summed E-state index contributed by atoms with van der Waals surface area (Å²) >= 11 is 1.19. The second-order valence-electron chi connectivity index (χ2n) is 6.61. The Morgan fingerprint density at radius 1 is 1.16 bits per heavy atom. The average molecular weight is 436 g/mol. The van der Waals surface area contributed by atoms with E-state index in [4.69, 9.17) is 4.74 Å². The molecule has 8 heteroatoms. The van der Waals surface area contributed by atoms with Gasteiger partial charge in [0.1, 0.15) is 16.7 Å². The summed E-state index contributed by atoms with van der Waals surface area (Å²) in [6, 6.07) is 17.7. The number of nitriles is 1. The van der Waals surface area contributed by atoms with E-state index in [1.165, 1.54) is 23.7 Å². The molecule has 0 spiro atoms. The fourth-order valence-electron chi connectivity index (χ4n) is 3.13. The number of para-hydroxylation sites is 1. The van der Waals surface area contributed by atoms with Gasteiger partial charge in [-0.1, -0.05) is 42.1 Å². The Morgan fingerprint density at radius 3 is 2.42 bits per heavy atom. The number of amides is 2. The van der Waals surface area contributed by atoms with Crippen molar-refractivity contribution in [3.05, 3.63) is 76.3 Å². The van der Waals surface area contributed by atoms with Crippen LogP contribution in [0.2, 0.25) is 0 Å². The molecule has 0 bridgehead atoms. The summed E-state index contributed by atoms with van der Waals surface area (Å²) in [7, 11) is 1.44. The molecule has 0 saturated carbocycles. The lowest BCUT2D eigenvalue weighted by atomic mass is 10.1. The van der Waals surface area contributed by atoms with Gasteiger partial charge in [-0.25, -0.2) is 4.79 Å². The van der Waals surface area contributed by atoms with Crippen LogP contribution in [0.4, 0.5) is 5.69 Å². The number of hydrogen-bond acceptors (Lipinski definition) is 6. The number of carbonyl (C=O) groups excluding carboxylic acids is 3. The second-order valence-corrected chi connectivity index (χ2v) is 7.80. The summed E-state index contributed by atoms with van der Waals surface area (Å²) < 4.78 is 4.99. The molecule has 1 aliphatic rings. The Bertz CT molecular complexity index is 1060. The third-order valence-electron chi connectivity index (χ3n) is 4.63. The molecule has 1 saturated heterocycles. The molecular formula is C23H21N3O4S. The topological polar surface area (TPSA) is 99.5 Å². The summed E-state index contributed by atoms with van der Waals surface area (Å²) in [5.41, 5.74) is 1.78. The van der Waals surface area contributed by atoms with Crippen LogP contribution in [0.3, 0.4) is 0 Å². The van der Waals surface area contributed by atoms with Crippen molar-refractivity contribution < 1.29 is 19.1 Å². The largest absolute Gasteiger partial charge is 0.462 e. The summed E-state index contributed by atoms with van der Waals surface area (Å²) in [5.74, 6) is -1.15. The molecule has 2 amide bonds. The standard InChI is InChI=1S/C23H21N3O4S/c1-3-30-23(29)16-11-9-15(10-12-16)13-19-21(28)26(17-7-5-4-6-8-17)22(31-19)18(14-24)20(27)25-2/h4-12,19H,3,13H2,1-2H3,(H,25,27)/b22-18+/t19-/m1/s1. The Labute approximate surface area is 184 Å². The van der Waals surface area contributed by atoms with Crippen molar-refractivity contribution in [2.45, 2.75) is 18.6 Å². The van der Waals surface area contributed by atoms with Crippen LogP contribution in [0.5, 0.6) is 0 Å². The van der Waals surface area contributed by atoms with Gasteiger partial charge in [-0.2, -0.15) is 5.26 Å². The van der Waals surface area contributed by atoms with Gasteiger partial charge < -0.3 is 10.1 Å². The molecule has 2 aromatic carbocycles. The maximum absolute atomic E-state index is 13.3. The quantitative estimate of drug-likeness (QED) is 0.425. The van der Waals surface area contributed by atoms with Gasteiger partial charge in [0.05, 0.1) is 17.4 Å². The van der Waals surface area contributed by atoms with E-state index in [0.717, 1.165) is 5.56 Å². The van der Waals surface area contributed by atoms with Gasteiger partial charge in [0, 0.05) is 12.7 Å². The molecule has 158 valence electrons. The maximum Gasteiger partial charge on any atom is 0.338 e. The van der Waals surface area contributed by atoms with Gasteiger partial charge in [0.15, 0.2) is 0 Å². The lowest BCUT2D eigenvalue weighted by Gasteiger charge is -2.18. The van der Waals surface area contributed by atoms with Crippen LogP contribution >= 0.6 is 11.8 Å². The zero-order valence-electron chi connectivity index (χ0n) is 17.1. The van der Waals surface area contributed by atoms with Crippen molar-refractivity contribution >= 4 is 35.2 Å². The van der Waals surface area contributed by atoms with Crippen molar-refractivity contribution in [3.8, 4) is 6.07 Å². The molecule has 0 aliphatic carbocycles. The van der Waals surface area contributed by atoms with E-state index in [0.29, 0.717) is 29.3 Å². The minimum Gasteiger partial charge on any atom is -0.462 e. The summed E-state index contributed by atoms with van der Waals surface area (Å²) in [6.45, 7) is 2.04. The minimum absolute atomic E-state index is 0.107. The molecule has 1 atom stereocenters. The SMILES string of the molecule is CCOC(=O)c1ccc(C[C@H]2S/C(=C(\C#N)C(=O)NC)N(c3ccccc3)C2=O)cc1. The summed E-state index contributed by atoms with van der Waals surface area (Å²) in [4.78, 5) is 38.8. The number of anilines is 1. The highest BCUT2D eigenvalue weighted by Gasteiger charge is 2.40. The van der Waals surface area contributed by atoms with Crippen molar-refractivity contribution in [2.24, 2.45) is 0 Å². The number of nitrogens with one attached hydrogen (secondary N) is 1. The average Bonchev–Trinajstić information content (AvgIpc) is 3.10. The van der Waals surface area contributed by atoms with E-state index in [9.17, 15) is 19.6 Å². The number of likely N-dealkylation sites (N-methyl/N-ethyl adjacent to an activating group) is 1. The number of ether oxygens (including phenoxy) is 1. The zero-order chi connectivity index (χ0) is 22.4. The highest BCUT2D eigenvalue weighted by atomic mass is 32.2. The van der Waals surface area contributed by atoms with Crippen LogP contribution in [-0.4, -0.2) is 36.7 Å². The third-order valence-corrected chi connectivity index (χ3v) is 5.90. The van der Waals surface area contributed by atoms with E-state index in [2.05, 4.69) is 5.32 Å². The molecular weight excluding hydrogens is 414 g/mol. The monoisotopic (exact) mass is 435 g/mol. The van der Waals surface area contributed by atoms with E-state index in [1.807, 2.05) is 12.1 Å². The van der Waals surface area contributed by atoms with Crippen molar-refractivity contribution in [3.63, 3.8) is 0 Å². The number of carbonyl (C=O) groups is 3. The first-order valence-corrected chi connectivity index (χ1v) is 10.6. The molecule has 2 aromatic rings. The molecule has 0 radical (unpaired) electrons. The van der Waals surface area contributed by atoms with Crippen LogP contribution in [0.25, 0.3) is 0 Å². The lowest BCUT2D eigenvalue weighted by Crippen LogP contribution is -2.31. The highest BCUT2D eigenvalue weighted by Crippen LogP contribution is 2.41. The molecule has 3 rings (SSSR count). The fraction of sp³-hybridized carbons (Fsp3) is 0.217. The fourth-order valence-corrected chi connectivity index (χ4v) is 4.44. The number of thioether (sulfide) groups is 1. The van der Waals surface area contributed by atoms with Gasteiger partial charge in [-0.15, -0.1) is 0 Å². The molecule has 31 heavy (non-hydrogen) atoms. The van der Waals surface area contributed by atoms with Crippen LogP contribution < -0.4 is 10.2 Å². The molecule has 1 fully saturated rings. The van der Waals surface area contributed by atoms with Crippen LogP contribution in [0.15, 0.2) is 65.2 Å². The number of esters is 1. The molecule has 1 N–H and O–H groups in total. The summed E-state index contributed by atoms with van der Waals surface area (Å²) in [5, 5.41) is 11.8. The maximum atomic E-state index is 13.3. The Kier molecular flexibility index (Phi) is 7.11. The predicted octanol–water partition coefficient (Wildman–Crippen LogP) is 3.04. The zero-order valence-corrected chi connectivity index (χ0v) is 17.9. The van der Waals surface area contributed by atoms with Gasteiger partial charge >= 0.3 is 5.97 Å². The van der Waals surface area contributed by atoms with Crippen LogP contribution in [0, 0.1) is 11.3 Å². The van der Waals surface area contributed by atoms with Crippen molar-refractivity contribution in [1.29, 1.82) is 5.26 Å². The van der Waals surface area contributed by atoms with E-state index >= 15 is 0 Å². The van der Waals surface area contributed by atoms with Gasteiger partial charge in [0.25, 0.3) is 5.91 Å². The summed E-state index contributed by atoms with van der Waals surface area (Å²) in [6.07, 6.45) is 0.381. The normalized spacial score (nSPS) is 17.1. The van der Waals surface area contributed by atoms with Gasteiger partial charge in [-0.05, 0) is 43.2 Å². The minimum atomic E-state index is -0.543. The van der Waals surface area contributed by atoms with E-state index < -0.39 is 17.1 Å². The first kappa shape index (κ1) is 22.1. The van der Waals surface area contributed by atoms with Gasteiger partial charge in [0.2, 0.25) is 5.91 Å². The molecule has 7 nitrogen and oxygen atoms in total. The molecule has 1 heterocycles. The first-order chi connectivity index (χ1) is 15.0. The van der Waals surface area contributed by atoms with Crippen LogP contribution in [0.1, 0.15) is 22.8 Å². The number of benzene rings is 2. The van der Waals surface area contributed by atoms with Crippen molar-refractivity contribution in [1.82, 2.24) is 5.32 Å². The highest BCUT2D eigenvalue weighted by molar-refractivity contribution is 8.05. The number of nitrogens with zero attached hydrogens (tertiary/aromatic N) is 2. The molecule has 0 aromatic heterocycles. The first-order valence-electron chi connectivity index (χ1n) is 9.68. The van der Waals surface area contributed by atoms with E-state index in [1.54, 1.807) is 55.5 Å². The molecule has 0 unspecified atom stereocenters. The second kappa shape index (κ2) is 9.96.